The minimum atomic E-state index is -4.39. The predicted octanol–water partition coefficient (Wildman–Crippen LogP) is 0.462. The summed E-state index contributed by atoms with van der Waals surface area (Å²) < 4.78 is 35.1. The Bertz CT molecular complexity index is 307. The van der Waals surface area contributed by atoms with Crippen molar-refractivity contribution in [1.29, 1.82) is 0 Å². The molecule has 0 aromatic rings. The Morgan fingerprint density at radius 2 is 2.19 bits per heavy atom. The third-order valence-electron chi connectivity index (χ3n) is 1.35. The average molecular weight is 290 g/mol. The molecule has 1 amide bonds. The third kappa shape index (κ3) is 7.17. The number of hydrogen-bond donors (Lipinski definition) is 3. The number of hydrogen-bond acceptors (Lipinski definition) is 7. The molecule has 0 heterocycles. The molecule has 7 nitrogen and oxygen atoms in total. The van der Waals surface area contributed by atoms with Crippen molar-refractivity contribution >= 4 is 37.8 Å². The summed E-state index contributed by atoms with van der Waals surface area (Å²) in [4.78, 5) is 10.9. The van der Waals surface area contributed by atoms with E-state index in [4.69, 9.17) is 4.55 Å². The Kier molecular flexibility index (Phi) is 7.93. The Morgan fingerprint density at radius 1 is 1.56 bits per heavy atom. The standard InChI is InChI=1S/C6H14N2O5S3/c1-7-8-6(9)13-5(16(10,11)12)3-4-15-14-2/h5,7H,3-4H2,1-2H3,(H,8,9)(H,10,11,12). The summed E-state index contributed by atoms with van der Waals surface area (Å²) in [5.41, 5.74) is 2.78. The van der Waals surface area contributed by atoms with Gasteiger partial charge in [0.2, 0.25) is 5.44 Å². The number of nitrogens with one attached hydrogen (secondary N) is 2. The van der Waals surface area contributed by atoms with Crippen molar-refractivity contribution in [2.45, 2.75) is 11.9 Å². The number of amides is 1. The third-order valence-corrected chi connectivity index (χ3v) is 4.19. The molecular weight excluding hydrogens is 276 g/mol. The van der Waals surface area contributed by atoms with Gasteiger partial charge in [0, 0.05) is 19.2 Å². The number of carbonyl (C=O) groups is 1. The second kappa shape index (κ2) is 8.01. The van der Waals surface area contributed by atoms with Crippen LogP contribution in [0.3, 0.4) is 0 Å². The Hall–Kier alpha value is -0.160. The first-order valence-corrected chi connectivity index (χ1v) is 8.40. The van der Waals surface area contributed by atoms with E-state index in [0.29, 0.717) is 5.75 Å². The molecule has 3 N–H and O–H groups in total. The number of rotatable bonds is 7. The smallest absolute Gasteiger partial charge is 0.422 e. The highest BCUT2D eigenvalue weighted by Crippen LogP contribution is 2.20. The number of hydrazine groups is 1. The molecule has 0 saturated heterocycles. The van der Waals surface area contributed by atoms with E-state index in [1.165, 1.54) is 28.6 Å². The maximum atomic E-state index is 10.9. The Morgan fingerprint density at radius 3 is 2.62 bits per heavy atom. The maximum absolute atomic E-state index is 10.9. The van der Waals surface area contributed by atoms with Crippen molar-refractivity contribution in [2.24, 2.45) is 0 Å². The minimum absolute atomic E-state index is 0.0292. The topological polar surface area (TPSA) is 105 Å². The molecule has 0 bridgehead atoms. The lowest BCUT2D eigenvalue weighted by molar-refractivity contribution is 0.122. The summed E-state index contributed by atoms with van der Waals surface area (Å²) in [5, 5.41) is 0. The van der Waals surface area contributed by atoms with Crippen LogP contribution in [0.5, 0.6) is 0 Å². The van der Waals surface area contributed by atoms with Crippen LogP contribution in [-0.4, -0.2) is 43.6 Å². The molecule has 96 valence electrons. The van der Waals surface area contributed by atoms with Crippen LogP contribution in [0.4, 0.5) is 4.79 Å². The van der Waals surface area contributed by atoms with E-state index in [0.717, 1.165) is 0 Å². The molecule has 0 aliphatic heterocycles. The molecule has 0 radical (unpaired) electrons. The molecule has 1 atom stereocenters. The summed E-state index contributed by atoms with van der Waals surface area (Å²) in [6, 6.07) is 0. The van der Waals surface area contributed by atoms with Crippen molar-refractivity contribution in [1.82, 2.24) is 10.9 Å². The summed E-state index contributed by atoms with van der Waals surface area (Å²) in [7, 11) is -0.106. The van der Waals surface area contributed by atoms with E-state index in [9.17, 15) is 13.2 Å². The zero-order chi connectivity index (χ0) is 12.6. The van der Waals surface area contributed by atoms with Crippen LogP contribution in [0.25, 0.3) is 0 Å². The van der Waals surface area contributed by atoms with Gasteiger partial charge >= 0.3 is 16.2 Å². The van der Waals surface area contributed by atoms with E-state index in [2.05, 4.69) is 10.2 Å². The van der Waals surface area contributed by atoms with Gasteiger partial charge in [-0.2, -0.15) is 8.42 Å². The van der Waals surface area contributed by atoms with Crippen molar-refractivity contribution in [3.05, 3.63) is 0 Å². The highest BCUT2D eigenvalue weighted by molar-refractivity contribution is 8.76. The highest BCUT2D eigenvalue weighted by atomic mass is 33.1. The first-order chi connectivity index (χ1) is 7.41. The first kappa shape index (κ1) is 15.8. The first-order valence-electron chi connectivity index (χ1n) is 4.17. The van der Waals surface area contributed by atoms with E-state index in [-0.39, 0.29) is 6.42 Å². The van der Waals surface area contributed by atoms with Crippen LogP contribution in [0, 0.1) is 0 Å². The summed E-state index contributed by atoms with van der Waals surface area (Å²) >= 11 is 0. The van der Waals surface area contributed by atoms with E-state index in [1.54, 1.807) is 0 Å². The van der Waals surface area contributed by atoms with Gasteiger partial charge in [0.05, 0.1) is 0 Å². The van der Waals surface area contributed by atoms with Crippen molar-refractivity contribution in [3.8, 4) is 0 Å². The molecular formula is C6H14N2O5S3. The van der Waals surface area contributed by atoms with E-state index in [1.807, 2.05) is 11.7 Å². The van der Waals surface area contributed by atoms with Crippen molar-refractivity contribution in [3.63, 3.8) is 0 Å². The SMILES string of the molecule is CNNC(=O)OC(CCSSC)S(=O)(=O)O. The predicted molar refractivity (Wildman–Crippen MR) is 64.6 cm³/mol. The largest absolute Gasteiger partial charge is 0.426 e. The van der Waals surface area contributed by atoms with Gasteiger partial charge in [-0.25, -0.2) is 10.2 Å². The fourth-order valence-corrected chi connectivity index (χ4v) is 2.79. The average Bonchev–Trinajstić information content (AvgIpc) is 2.15. The van der Waals surface area contributed by atoms with Gasteiger partial charge in [-0.05, 0) is 6.26 Å². The minimum Gasteiger partial charge on any atom is -0.426 e. The van der Waals surface area contributed by atoms with Crippen molar-refractivity contribution < 1.29 is 22.5 Å². The quantitative estimate of drug-likeness (QED) is 0.269. The Labute approximate surface area is 102 Å². The van der Waals surface area contributed by atoms with Crippen LogP contribution < -0.4 is 10.9 Å². The summed E-state index contributed by atoms with van der Waals surface area (Å²) in [5.74, 6) is 0.443. The number of carbonyl (C=O) groups excluding carboxylic acids is 1. The summed E-state index contributed by atoms with van der Waals surface area (Å²) in [6.07, 6.45) is 0.905. The van der Waals surface area contributed by atoms with Crippen molar-refractivity contribution in [2.75, 3.05) is 19.1 Å². The van der Waals surface area contributed by atoms with E-state index < -0.39 is 21.6 Å². The molecule has 0 aliphatic rings. The van der Waals surface area contributed by atoms with Gasteiger partial charge in [-0.1, -0.05) is 21.6 Å². The van der Waals surface area contributed by atoms with Gasteiger partial charge < -0.3 is 4.74 Å². The maximum Gasteiger partial charge on any atom is 0.422 e. The zero-order valence-electron chi connectivity index (χ0n) is 8.80. The molecule has 0 aliphatic carbocycles. The molecule has 1 unspecified atom stereocenters. The zero-order valence-corrected chi connectivity index (χ0v) is 11.2. The van der Waals surface area contributed by atoms with Gasteiger partial charge in [0.1, 0.15) is 0 Å². The lowest BCUT2D eigenvalue weighted by atomic mass is 10.5. The van der Waals surface area contributed by atoms with Crippen LogP contribution in [0.1, 0.15) is 6.42 Å². The van der Waals surface area contributed by atoms with Crippen LogP contribution in [-0.2, 0) is 14.9 Å². The molecule has 0 fully saturated rings. The molecule has 16 heavy (non-hydrogen) atoms. The van der Waals surface area contributed by atoms with E-state index >= 15 is 0 Å². The molecule has 0 rings (SSSR count). The van der Waals surface area contributed by atoms with Gasteiger partial charge in [0.15, 0.2) is 0 Å². The number of ether oxygens (including phenoxy) is 1. The van der Waals surface area contributed by atoms with Gasteiger partial charge in [0.25, 0.3) is 0 Å². The second-order valence-corrected chi connectivity index (χ2v) is 6.74. The van der Waals surface area contributed by atoms with Gasteiger partial charge in [-0.15, -0.1) is 0 Å². The highest BCUT2D eigenvalue weighted by Gasteiger charge is 2.26. The fraction of sp³-hybridized carbons (Fsp3) is 0.833. The lowest BCUT2D eigenvalue weighted by Gasteiger charge is -2.14. The van der Waals surface area contributed by atoms with Crippen LogP contribution in [0.2, 0.25) is 0 Å². The molecule has 0 spiro atoms. The molecule has 0 aromatic carbocycles. The molecule has 10 heteroatoms. The second-order valence-electron chi connectivity index (χ2n) is 2.50. The van der Waals surface area contributed by atoms with Crippen LogP contribution >= 0.6 is 21.6 Å². The Balaban J connectivity index is 4.28. The molecule has 0 aromatic heterocycles. The lowest BCUT2D eigenvalue weighted by Crippen LogP contribution is -2.39. The normalized spacial score (nSPS) is 13.2. The molecule has 0 saturated carbocycles. The van der Waals surface area contributed by atoms with Gasteiger partial charge in [-0.3, -0.25) is 9.98 Å². The monoisotopic (exact) mass is 290 g/mol. The fourth-order valence-electron chi connectivity index (χ4n) is 0.747. The van der Waals surface area contributed by atoms with Crippen LogP contribution in [0.15, 0.2) is 0 Å². The summed E-state index contributed by atoms with van der Waals surface area (Å²) in [6.45, 7) is 0.